The molecule has 0 amide bonds. The van der Waals surface area contributed by atoms with Crippen LogP contribution in [0.25, 0.3) is 0 Å². The summed E-state index contributed by atoms with van der Waals surface area (Å²) >= 11 is 1.20. The van der Waals surface area contributed by atoms with E-state index in [9.17, 15) is 0 Å². The van der Waals surface area contributed by atoms with Crippen LogP contribution in [-0.2, 0) is 0 Å². The average molecular weight is 374 g/mol. The molecule has 25 heavy (non-hydrogen) atoms. The third-order valence-corrected chi connectivity index (χ3v) is 4.88. The highest BCUT2D eigenvalue weighted by molar-refractivity contribution is 7.13. The van der Waals surface area contributed by atoms with Gasteiger partial charge in [-0.25, -0.2) is 0 Å². The number of aryl methyl sites for hydroxylation is 2. The van der Waals surface area contributed by atoms with Crippen molar-refractivity contribution in [2.75, 3.05) is 24.5 Å². The van der Waals surface area contributed by atoms with Crippen LogP contribution >= 0.6 is 20.9 Å². The molecule has 1 heterocycles. The van der Waals surface area contributed by atoms with E-state index in [1.165, 1.54) is 17.2 Å². The average Bonchev–Trinajstić information content (AvgIpc) is 2.97. The molecule has 0 aliphatic heterocycles. The normalized spacial score (nSPS) is 11.0. The van der Waals surface area contributed by atoms with Gasteiger partial charge in [0.2, 0.25) is 0 Å². The highest BCUT2D eigenvalue weighted by Gasteiger charge is 2.10. The second-order valence-corrected chi connectivity index (χ2v) is 6.83. The quantitative estimate of drug-likeness (QED) is 0.539. The molecular weight excluding hydrogens is 351 g/mol. The first-order chi connectivity index (χ1) is 12.1. The molecule has 1 unspecified atom stereocenters. The Hall–Kier alpha value is -1.87. The van der Waals surface area contributed by atoms with E-state index in [0.717, 1.165) is 37.3 Å². The molecule has 6 nitrogen and oxygen atoms in total. The second-order valence-electron chi connectivity index (χ2n) is 5.67. The summed E-state index contributed by atoms with van der Waals surface area (Å²) in [6, 6.07) is 8.32. The maximum Gasteiger partial charge on any atom is 0.176 e. The summed E-state index contributed by atoms with van der Waals surface area (Å²) in [5.41, 5.74) is 4.25. The zero-order valence-electron chi connectivity index (χ0n) is 14.8. The first-order valence-corrected chi connectivity index (χ1v) is 9.53. The smallest absolute Gasteiger partial charge is 0.176 e. The number of anilines is 1. The summed E-state index contributed by atoms with van der Waals surface area (Å²) in [4.78, 5) is 2.35. The third-order valence-electron chi connectivity index (χ3n) is 3.77. The van der Waals surface area contributed by atoms with Crippen molar-refractivity contribution in [3.05, 3.63) is 35.0 Å². The number of benzene rings is 1. The summed E-state index contributed by atoms with van der Waals surface area (Å²) in [6.45, 7) is 8.88. The molecule has 1 atom stereocenters. The molecule has 0 aliphatic rings. The molecule has 0 fully saturated rings. The van der Waals surface area contributed by atoms with Crippen LogP contribution in [0.15, 0.2) is 28.4 Å². The molecule has 0 radical (unpaired) electrons. The molecule has 0 spiro atoms. The molecule has 0 bridgehead atoms. The van der Waals surface area contributed by atoms with Crippen molar-refractivity contribution in [2.24, 2.45) is 10.2 Å². The van der Waals surface area contributed by atoms with Crippen molar-refractivity contribution in [2.45, 2.75) is 27.2 Å². The molecular formula is C17H23N6PS. The van der Waals surface area contributed by atoms with Crippen molar-refractivity contribution >= 4 is 37.3 Å². The predicted molar refractivity (Wildman–Crippen MR) is 107 cm³/mol. The van der Waals surface area contributed by atoms with Gasteiger partial charge in [-0.3, -0.25) is 5.09 Å². The molecule has 8 heteroatoms. The van der Waals surface area contributed by atoms with Crippen molar-refractivity contribution < 1.29 is 0 Å². The van der Waals surface area contributed by atoms with Crippen molar-refractivity contribution in [3.63, 3.8) is 0 Å². The number of nitrogens with zero attached hydrogens (tertiary/aromatic N) is 5. The largest absolute Gasteiger partial charge is 0.370 e. The van der Waals surface area contributed by atoms with Crippen molar-refractivity contribution in [3.8, 4) is 6.07 Å². The Morgan fingerprint density at radius 1 is 1.32 bits per heavy atom. The van der Waals surface area contributed by atoms with E-state index >= 15 is 0 Å². The lowest BCUT2D eigenvalue weighted by Gasteiger charge is -2.24. The van der Waals surface area contributed by atoms with Crippen LogP contribution < -0.4 is 9.99 Å². The highest BCUT2D eigenvalue weighted by Crippen LogP contribution is 2.30. The van der Waals surface area contributed by atoms with E-state index in [1.807, 2.05) is 13.0 Å². The van der Waals surface area contributed by atoms with E-state index in [2.05, 4.69) is 59.1 Å². The van der Waals surface area contributed by atoms with Crippen LogP contribution in [0.4, 0.5) is 16.4 Å². The lowest BCUT2D eigenvalue weighted by Crippen LogP contribution is -2.30. The topological polar surface area (TPSA) is 76.7 Å². The van der Waals surface area contributed by atoms with E-state index < -0.39 is 0 Å². The number of hydrogen-bond donors (Lipinski definition) is 1. The highest BCUT2D eigenvalue weighted by atomic mass is 32.1. The van der Waals surface area contributed by atoms with Gasteiger partial charge in [0.1, 0.15) is 11.6 Å². The van der Waals surface area contributed by atoms with Crippen LogP contribution in [0.1, 0.15) is 30.2 Å². The van der Waals surface area contributed by atoms with Gasteiger partial charge in [-0.05, 0) is 55.6 Å². The number of hydrogen-bond acceptors (Lipinski definition) is 7. The molecule has 2 rings (SSSR count). The Bertz CT molecular complexity index is 780. The van der Waals surface area contributed by atoms with E-state index in [-0.39, 0.29) is 0 Å². The molecule has 132 valence electrons. The maximum absolute atomic E-state index is 9.16. The molecule has 0 saturated heterocycles. The minimum atomic E-state index is 0.502. The van der Waals surface area contributed by atoms with Crippen LogP contribution in [-0.4, -0.2) is 24.0 Å². The zero-order chi connectivity index (χ0) is 18.2. The van der Waals surface area contributed by atoms with Gasteiger partial charge in [-0.15, -0.1) is 10.2 Å². The first-order valence-electron chi connectivity index (χ1n) is 8.17. The lowest BCUT2D eigenvalue weighted by atomic mass is 10.1. The third kappa shape index (κ3) is 5.05. The summed E-state index contributed by atoms with van der Waals surface area (Å²) in [7, 11) is 2.54. The van der Waals surface area contributed by atoms with Gasteiger partial charge in [-0.2, -0.15) is 9.64 Å². The number of nitrogens with one attached hydrogen (secondary N) is 1. The van der Waals surface area contributed by atoms with Gasteiger partial charge in [0, 0.05) is 25.3 Å². The fraction of sp³-hybridized carbons (Fsp3) is 0.412. The van der Waals surface area contributed by atoms with Gasteiger partial charge in [0.15, 0.2) is 5.00 Å². The number of azo groups is 1. The predicted octanol–water partition coefficient (Wildman–Crippen LogP) is 4.64. The molecule has 0 aliphatic carbocycles. The summed E-state index contributed by atoms with van der Waals surface area (Å²) in [6.07, 6.45) is 1.10. The Balaban J connectivity index is 2.21. The Morgan fingerprint density at radius 3 is 2.76 bits per heavy atom. The minimum absolute atomic E-state index is 0.502. The Kier molecular flexibility index (Phi) is 7.45. The fourth-order valence-electron chi connectivity index (χ4n) is 2.44. The minimum Gasteiger partial charge on any atom is -0.370 e. The lowest BCUT2D eigenvalue weighted by molar-refractivity contribution is 0.748. The molecule has 1 aromatic carbocycles. The number of aromatic nitrogens is 1. The van der Waals surface area contributed by atoms with Gasteiger partial charge in [0.25, 0.3) is 0 Å². The Morgan fingerprint density at radius 2 is 2.12 bits per heavy atom. The first kappa shape index (κ1) is 19.5. The maximum atomic E-state index is 9.16. The summed E-state index contributed by atoms with van der Waals surface area (Å²) < 4.78 is 4.16. The van der Waals surface area contributed by atoms with Crippen LogP contribution in [0.5, 0.6) is 0 Å². The van der Waals surface area contributed by atoms with Gasteiger partial charge < -0.3 is 4.90 Å². The van der Waals surface area contributed by atoms with E-state index in [0.29, 0.717) is 16.3 Å². The summed E-state index contributed by atoms with van der Waals surface area (Å²) in [5, 5.41) is 21.4. The van der Waals surface area contributed by atoms with Crippen LogP contribution in [0.2, 0.25) is 0 Å². The molecule has 1 N–H and O–H groups in total. The monoisotopic (exact) mass is 374 g/mol. The standard InChI is InChI=1S/C17H23N6PS/c1-4-8-23(9-7-19-24)14-5-6-16(12(2)10-14)20-21-17-15(11-18)13(3)22-25-17/h5-6,10,19H,4,7-9,24H2,1-3H3/b21-20+. The van der Waals surface area contributed by atoms with Crippen LogP contribution in [0.3, 0.4) is 0 Å². The SMILES string of the molecule is CCCN(CCNP)c1ccc(/N=N/c2snc(C)c2C#N)c(C)c1. The van der Waals surface area contributed by atoms with Gasteiger partial charge in [-0.1, -0.05) is 16.3 Å². The van der Waals surface area contributed by atoms with Crippen molar-refractivity contribution in [1.82, 2.24) is 9.46 Å². The van der Waals surface area contributed by atoms with E-state index in [1.54, 1.807) is 6.92 Å². The molecule has 1 aromatic heterocycles. The zero-order valence-corrected chi connectivity index (χ0v) is 16.8. The van der Waals surface area contributed by atoms with Crippen molar-refractivity contribution in [1.29, 1.82) is 5.26 Å². The number of nitriles is 1. The number of rotatable bonds is 8. The van der Waals surface area contributed by atoms with Gasteiger partial charge >= 0.3 is 0 Å². The van der Waals surface area contributed by atoms with Crippen LogP contribution in [0, 0.1) is 25.2 Å². The van der Waals surface area contributed by atoms with Gasteiger partial charge in [0.05, 0.1) is 11.4 Å². The molecule has 2 aromatic rings. The summed E-state index contributed by atoms with van der Waals surface area (Å²) in [5.74, 6) is 0. The van der Waals surface area contributed by atoms with E-state index in [4.69, 9.17) is 5.26 Å². The fourth-order valence-corrected chi connectivity index (χ4v) is 3.25. The molecule has 0 saturated carbocycles. The second kappa shape index (κ2) is 9.57. The Labute approximate surface area is 155 Å².